The van der Waals surface area contributed by atoms with Crippen LogP contribution in [-0.4, -0.2) is 61.6 Å². The van der Waals surface area contributed by atoms with Crippen molar-refractivity contribution in [3.05, 3.63) is 42.4 Å². The molecule has 1 saturated heterocycles. The number of carboxylic acids is 1. The van der Waals surface area contributed by atoms with Crippen LogP contribution in [0.15, 0.2) is 36.7 Å². The molecule has 5 rings (SSSR count). The van der Waals surface area contributed by atoms with E-state index in [-0.39, 0.29) is 17.6 Å². The summed E-state index contributed by atoms with van der Waals surface area (Å²) in [5, 5.41) is 21.4. The SMILES string of the molecule is Cn1cc(-c2cc(C(=O)O)nc3[nH]ncc23)c2cc(OC(C(=O)OC(C)(C)C)C3CCCNC3)ccc21. The summed E-state index contributed by atoms with van der Waals surface area (Å²) in [5.41, 5.74) is 2.13. The lowest BCUT2D eigenvalue weighted by atomic mass is 9.93. The first-order chi connectivity index (χ1) is 17.6. The molecular formula is C27H31N5O5. The van der Waals surface area contributed by atoms with Crippen LogP contribution in [0.1, 0.15) is 44.1 Å². The minimum Gasteiger partial charge on any atom is -0.478 e. The molecule has 0 saturated carbocycles. The number of benzene rings is 1. The first-order valence-corrected chi connectivity index (χ1v) is 12.4. The molecule has 0 radical (unpaired) electrons. The van der Waals surface area contributed by atoms with Gasteiger partial charge in [-0.2, -0.15) is 5.10 Å². The molecule has 0 aliphatic carbocycles. The Hall–Kier alpha value is -3.92. The Bertz CT molecular complexity index is 1480. The van der Waals surface area contributed by atoms with Crippen molar-refractivity contribution in [1.29, 1.82) is 0 Å². The van der Waals surface area contributed by atoms with Crippen LogP contribution in [0, 0.1) is 5.92 Å². The molecule has 10 nitrogen and oxygen atoms in total. The van der Waals surface area contributed by atoms with Crippen LogP contribution >= 0.6 is 0 Å². The van der Waals surface area contributed by atoms with Crippen LogP contribution in [0.3, 0.4) is 0 Å². The Labute approximate surface area is 214 Å². The third kappa shape index (κ3) is 5.01. The van der Waals surface area contributed by atoms with E-state index in [9.17, 15) is 14.7 Å². The normalized spacial score (nSPS) is 17.1. The number of nitrogens with one attached hydrogen (secondary N) is 2. The Balaban J connectivity index is 1.57. The average molecular weight is 506 g/mol. The summed E-state index contributed by atoms with van der Waals surface area (Å²) in [7, 11) is 1.93. The number of pyridine rings is 1. The van der Waals surface area contributed by atoms with Gasteiger partial charge in [-0.25, -0.2) is 14.6 Å². The number of esters is 1. The van der Waals surface area contributed by atoms with Crippen molar-refractivity contribution >= 4 is 33.9 Å². The van der Waals surface area contributed by atoms with E-state index >= 15 is 0 Å². The number of aromatic carboxylic acids is 1. The number of rotatable bonds is 6. The fourth-order valence-corrected chi connectivity index (χ4v) is 4.90. The highest BCUT2D eigenvalue weighted by atomic mass is 16.6. The van der Waals surface area contributed by atoms with Crippen LogP contribution < -0.4 is 10.1 Å². The molecule has 2 atom stereocenters. The minimum absolute atomic E-state index is 0.0154. The van der Waals surface area contributed by atoms with Gasteiger partial charge in [0, 0.05) is 47.6 Å². The van der Waals surface area contributed by atoms with E-state index in [2.05, 4.69) is 20.5 Å². The number of aromatic nitrogens is 4. The molecule has 3 aromatic heterocycles. The third-order valence-corrected chi connectivity index (χ3v) is 6.56. The number of carbonyl (C=O) groups excluding carboxylic acids is 1. The van der Waals surface area contributed by atoms with Gasteiger partial charge >= 0.3 is 11.9 Å². The molecule has 2 unspecified atom stereocenters. The number of carboxylic acid groups (broad SMARTS) is 1. The molecule has 3 N–H and O–H groups in total. The summed E-state index contributed by atoms with van der Waals surface area (Å²) in [5.74, 6) is -0.978. The van der Waals surface area contributed by atoms with Crippen molar-refractivity contribution < 1.29 is 24.2 Å². The van der Waals surface area contributed by atoms with Gasteiger partial charge in [0.1, 0.15) is 11.4 Å². The van der Waals surface area contributed by atoms with Gasteiger partial charge in [0.05, 0.1) is 6.20 Å². The number of piperidine rings is 1. The maximum atomic E-state index is 13.2. The lowest BCUT2D eigenvalue weighted by molar-refractivity contribution is -0.166. The van der Waals surface area contributed by atoms with E-state index < -0.39 is 17.7 Å². The van der Waals surface area contributed by atoms with Crippen molar-refractivity contribution in [2.75, 3.05) is 13.1 Å². The summed E-state index contributed by atoms with van der Waals surface area (Å²) < 4.78 is 14.0. The Kier molecular flexibility index (Phi) is 6.36. The number of hydrogen-bond acceptors (Lipinski definition) is 7. The van der Waals surface area contributed by atoms with Crippen LogP contribution in [0.25, 0.3) is 33.1 Å². The predicted octanol–water partition coefficient (Wildman–Crippen LogP) is 3.90. The molecule has 1 aromatic carbocycles. The first kappa shape index (κ1) is 24.8. The van der Waals surface area contributed by atoms with Crippen LogP contribution in [0.4, 0.5) is 0 Å². The van der Waals surface area contributed by atoms with E-state index in [1.165, 1.54) is 0 Å². The third-order valence-electron chi connectivity index (χ3n) is 6.56. The number of nitrogens with zero attached hydrogens (tertiary/aromatic N) is 3. The highest BCUT2D eigenvalue weighted by Gasteiger charge is 2.35. The van der Waals surface area contributed by atoms with Gasteiger partial charge in [-0.3, -0.25) is 5.10 Å². The van der Waals surface area contributed by atoms with Crippen molar-refractivity contribution in [2.45, 2.75) is 45.3 Å². The second-order valence-corrected chi connectivity index (χ2v) is 10.5. The van der Waals surface area contributed by atoms with Crippen LogP contribution in [0.5, 0.6) is 5.75 Å². The minimum atomic E-state index is -1.12. The zero-order valence-corrected chi connectivity index (χ0v) is 21.4. The number of aryl methyl sites for hydroxylation is 1. The maximum absolute atomic E-state index is 13.2. The van der Waals surface area contributed by atoms with Gasteiger partial charge in [0.25, 0.3) is 0 Å². The summed E-state index contributed by atoms with van der Waals surface area (Å²) in [6, 6.07) is 7.23. The summed E-state index contributed by atoms with van der Waals surface area (Å²) in [4.78, 5) is 29.1. The number of ether oxygens (including phenoxy) is 2. The summed E-state index contributed by atoms with van der Waals surface area (Å²) >= 11 is 0. The molecule has 4 heterocycles. The largest absolute Gasteiger partial charge is 0.478 e. The molecule has 37 heavy (non-hydrogen) atoms. The van der Waals surface area contributed by atoms with Crippen molar-refractivity contribution in [3.8, 4) is 16.9 Å². The van der Waals surface area contributed by atoms with Gasteiger partial charge in [0.15, 0.2) is 17.4 Å². The molecule has 4 aromatic rings. The zero-order chi connectivity index (χ0) is 26.3. The van der Waals surface area contributed by atoms with Crippen molar-refractivity contribution in [1.82, 2.24) is 25.1 Å². The Morgan fingerprint density at radius 3 is 2.70 bits per heavy atom. The van der Waals surface area contributed by atoms with Gasteiger partial charge in [-0.05, 0) is 70.0 Å². The molecular weight excluding hydrogens is 474 g/mol. The highest BCUT2D eigenvalue weighted by Crippen LogP contribution is 2.37. The monoisotopic (exact) mass is 505 g/mol. The van der Waals surface area contributed by atoms with Crippen LogP contribution in [0.2, 0.25) is 0 Å². The van der Waals surface area contributed by atoms with Crippen molar-refractivity contribution in [3.63, 3.8) is 0 Å². The Morgan fingerprint density at radius 1 is 1.19 bits per heavy atom. The highest BCUT2D eigenvalue weighted by molar-refractivity contribution is 6.05. The number of aromatic amines is 1. The molecule has 0 bridgehead atoms. The second kappa shape index (κ2) is 9.51. The number of carbonyl (C=O) groups is 2. The fraction of sp³-hybridized carbons (Fsp3) is 0.407. The summed E-state index contributed by atoms with van der Waals surface area (Å²) in [6.07, 6.45) is 4.65. The standard InChI is InChI=1S/C27H31N5O5/c1-27(2,3)37-26(35)23(15-6-5-9-28-12-15)36-16-7-8-22-18(10-16)20(14-32(22)4)17-11-21(25(33)34)30-24-19(17)13-29-31-24/h7-8,10-11,13-15,23,28H,5-6,9,12H2,1-4H3,(H,33,34)(H,29,30,31). The molecule has 1 aliphatic rings. The van der Waals surface area contributed by atoms with Gasteiger partial charge < -0.3 is 24.5 Å². The molecule has 10 heteroatoms. The quantitative estimate of drug-likeness (QED) is 0.336. The average Bonchev–Trinajstić information content (AvgIpc) is 3.45. The smallest absolute Gasteiger partial charge is 0.354 e. The first-order valence-electron chi connectivity index (χ1n) is 12.4. The molecule has 194 valence electrons. The van der Waals surface area contributed by atoms with E-state index in [1.54, 1.807) is 12.3 Å². The van der Waals surface area contributed by atoms with E-state index in [0.717, 1.165) is 35.9 Å². The van der Waals surface area contributed by atoms with Crippen LogP contribution in [-0.2, 0) is 16.6 Å². The molecule has 1 aliphatic heterocycles. The molecule has 0 amide bonds. The number of H-pyrrole nitrogens is 1. The van der Waals surface area contributed by atoms with Crippen molar-refractivity contribution in [2.24, 2.45) is 13.0 Å². The van der Waals surface area contributed by atoms with E-state index in [0.29, 0.717) is 28.9 Å². The molecule has 0 spiro atoms. The predicted molar refractivity (Wildman–Crippen MR) is 139 cm³/mol. The van der Waals surface area contributed by atoms with Gasteiger partial charge in [0.2, 0.25) is 0 Å². The second-order valence-electron chi connectivity index (χ2n) is 10.5. The van der Waals surface area contributed by atoms with E-state index in [4.69, 9.17) is 9.47 Å². The van der Waals surface area contributed by atoms with Gasteiger partial charge in [-0.15, -0.1) is 0 Å². The lowest BCUT2D eigenvalue weighted by Crippen LogP contribution is -2.46. The summed E-state index contributed by atoms with van der Waals surface area (Å²) in [6.45, 7) is 7.14. The number of hydrogen-bond donors (Lipinski definition) is 3. The fourth-order valence-electron chi connectivity index (χ4n) is 4.90. The van der Waals surface area contributed by atoms with E-state index in [1.807, 2.05) is 56.8 Å². The lowest BCUT2D eigenvalue weighted by Gasteiger charge is -2.32. The molecule has 1 fully saturated rings. The number of fused-ring (bicyclic) bond motifs is 2. The Morgan fingerprint density at radius 2 is 2.00 bits per heavy atom. The topological polar surface area (TPSA) is 131 Å². The maximum Gasteiger partial charge on any atom is 0.354 e. The van der Waals surface area contributed by atoms with Gasteiger partial charge in [-0.1, -0.05) is 0 Å². The zero-order valence-electron chi connectivity index (χ0n) is 21.4.